The zero-order valence-corrected chi connectivity index (χ0v) is 10.8. The fourth-order valence-corrected chi connectivity index (χ4v) is 1.51. The van der Waals surface area contributed by atoms with Crippen molar-refractivity contribution in [3.63, 3.8) is 0 Å². The van der Waals surface area contributed by atoms with Crippen LogP contribution in [0.15, 0.2) is 30.3 Å². The van der Waals surface area contributed by atoms with Crippen LogP contribution in [0.25, 0.3) is 6.08 Å². The molecule has 3 N–H and O–H groups in total. The second kappa shape index (κ2) is 7.50. The lowest BCUT2D eigenvalue weighted by molar-refractivity contribution is -0.116. The molecule has 4 heteroatoms. The Bertz CT molecular complexity index is 416. The third-order valence-electron chi connectivity index (χ3n) is 2.41. The first-order chi connectivity index (χ1) is 8.61. The van der Waals surface area contributed by atoms with Crippen molar-refractivity contribution < 1.29 is 9.53 Å². The molecule has 0 bridgehead atoms. The van der Waals surface area contributed by atoms with Crippen molar-refractivity contribution in [3.05, 3.63) is 35.9 Å². The zero-order valence-electron chi connectivity index (χ0n) is 10.8. The minimum Gasteiger partial charge on any atom is -0.399 e. The molecule has 0 fully saturated rings. The number of nitrogens with one attached hydrogen (secondary N) is 1. The molecule has 4 nitrogen and oxygen atoms in total. The number of hydrogen-bond donors (Lipinski definition) is 2. The molecule has 0 aliphatic carbocycles. The lowest BCUT2D eigenvalue weighted by Gasteiger charge is -2.09. The summed E-state index contributed by atoms with van der Waals surface area (Å²) in [4.78, 5) is 11.5. The molecule has 1 rings (SSSR count). The van der Waals surface area contributed by atoms with Crippen molar-refractivity contribution in [2.24, 2.45) is 5.92 Å². The van der Waals surface area contributed by atoms with Crippen LogP contribution in [0.3, 0.4) is 0 Å². The molecule has 0 aromatic heterocycles. The SMILES string of the molecule is COCC(C)CNC(=O)/C=C/c1cccc(N)c1. The van der Waals surface area contributed by atoms with E-state index in [2.05, 4.69) is 5.32 Å². The second-order valence-corrected chi connectivity index (χ2v) is 4.31. The first-order valence-corrected chi connectivity index (χ1v) is 5.92. The van der Waals surface area contributed by atoms with Gasteiger partial charge in [-0.05, 0) is 29.7 Å². The average molecular weight is 248 g/mol. The van der Waals surface area contributed by atoms with Gasteiger partial charge in [0.25, 0.3) is 0 Å². The van der Waals surface area contributed by atoms with Gasteiger partial charge in [-0.15, -0.1) is 0 Å². The molecule has 1 aromatic carbocycles. The van der Waals surface area contributed by atoms with E-state index < -0.39 is 0 Å². The van der Waals surface area contributed by atoms with Crippen molar-refractivity contribution in [1.29, 1.82) is 0 Å². The first-order valence-electron chi connectivity index (χ1n) is 5.92. The molecule has 0 heterocycles. The lowest BCUT2D eigenvalue weighted by Crippen LogP contribution is -2.28. The highest BCUT2D eigenvalue weighted by Crippen LogP contribution is 2.07. The van der Waals surface area contributed by atoms with Crippen LogP contribution in [0, 0.1) is 5.92 Å². The molecule has 0 saturated heterocycles. The standard InChI is InChI=1S/C14H20N2O2/c1-11(10-18-2)9-16-14(17)7-6-12-4-3-5-13(15)8-12/h3-8,11H,9-10,15H2,1-2H3,(H,16,17)/b7-6+. The molecule has 1 aromatic rings. The lowest BCUT2D eigenvalue weighted by atomic mass is 10.2. The number of carbonyl (C=O) groups excluding carboxylic acids is 1. The number of carbonyl (C=O) groups is 1. The summed E-state index contributed by atoms with van der Waals surface area (Å²) in [7, 11) is 1.65. The molecule has 0 aliphatic rings. The summed E-state index contributed by atoms with van der Waals surface area (Å²) in [5, 5.41) is 2.82. The Kier molecular flexibility index (Phi) is 5.94. The highest BCUT2D eigenvalue weighted by molar-refractivity contribution is 5.91. The van der Waals surface area contributed by atoms with Crippen LogP contribution < -0.4 is 11.1 Å². The van der Waals surface area contributed by atoms with Crippen LogP contribution >= 0.6 is 0 Å². The molecule has 1 unspecified atom stereocenters. The van der Waals surface area contributed by atoms with E-state index in [0.717, 1.165) is 5.56 Å². The van der Waals surface area contributed by atoms with E-state index in [1.165, 1.54) is 6.08 Å². The summed E-state index contributed by atoms with van der Waals surface area (Å²) in [5.74, 6) is 0.195. The molecule has 0 aliphatic heterocycles. The first kappa shape index (κ1) is 14.3. The normalized spacial score (nSPS) is 12.6. The molecular formula is C14H20N2O2. The van der Waals surface area contributed by atoms with E-state index in [9.17, 15) is 4.79 Å². The third kappa shape index (κ3) is 5.50. The molecule has 1 atom stereocenters. The van der Waals surface area contributed by atoms with Gasteiger partial charge in [-0.3, -0.25) is 4.79 Å². The largest absolute Gasteiger partial charge is 0.399 e. The summed E-state index contributed by atoms with van der Waals surface area (Å²) in [6.45, 7) is 3.26. The summed E-state index contributed by atoms with van der Waals surface area (Å²) in [6.07, 6.45) is 3.25. The molecule has 98 valence electrons. The topological polar surface area (TPSA) is 64.3 Å². The minimum atomic E-state index is -0.111. The maximum absolute atomic E-state index is 11.5. The van der Waals surface area contributed by atoms with E-state index in [1.807, 2.05) is 31.2 Å². The van der Waals surface area contributed by atoms with Crippen LogP contribution in [0.2, 0.25) is 0 Å². The van der Waals surface area contributed by atoms with E-state index in [-0.39, 0.29) is 5.91 Å². The molecule has 0 radical (unpaired) electrons. The van der Waals surface area contributed by atoms with Crippen LogP contribution in [0.5, 0.6) is 0 Å². The number of ether oxygens (including phenoxy) is 1. The average Bonchev–Trinajstić information content (AvgIpc) is 2.34. The Labute approximate surface area is 108 Å². The van der Waals surface area contributed by atoms with Crippen molar-refractivity contribution in [2.45, 2.75) is 6.92 Å². The Morgan fingerprint density at radius 3 is 3.00 bits per heavy atom. The van der Waals surface area contributed by atoms with E-state index in [1.54, 1.807) is 13.2 Å². The van der Waals surface area contributed by atoms with E-state index in [0.29, 0.717) is 24.8 Å². The Hall–Kier alpha value is -1.81. The number of rotatable bonds is 6. The monoisotopic (exact) mass is 248 g/mol. The van der Waals surface area contributed by atoms with Crippen LogP contribution in [-0.4, -0.2) is 26.2 Å². The smallest absolute Gasteiger partial charge is 0.244 e. The van der Waals surface area contributed by atoms with Crippen molar-refractivity contribution in [2.75, 3.05) is 26.0 Å². The van der Waals surface area contributed by atoms with Gasteiger partial charge in [-0.2, -0.15) is 0 Å². The summed E-state index contributed by atoms with van der Waals surface area (Å²) < 4.78 is 5.00. The van der Waals surface area contributed by atoms with Gasteiger partial charge in [-0.25, -0.2) is 0 Å². The van der Waals surface area contributed by atoms with Gasteiger partial charge in [0.2, 0.25) is 5.91 Å². The molecular weight excluding hydrogens is 228 g/mol. The zero-order chi connectivity index (χ0) is 13.4. The molecule has 0 spiro atoms. The number of anilines is 1. The van der Waals surface area contributed by atoms with Gasteiger partial charge in [0.05, 0.1) is 6.61 Å². The van der Waals surface area contributed by atoms with Crippen LogP contribution in [0.4, 0.5) is 5.69 Å². The molecule has 1 amide bonds. The van der Waals surface area contributed by atoms with Gasteiger partial charge in [-0.1, -0.05) is 19.1 Å². The fourth-order valence-electron chi connectivity index (χ4n) is 1.51. The van der Waals surface area contributed by atoms with Gasteiger partial charge >= 0.3 is 0 Å². The Morgan fingerprint density at radius 2 is 2.33 bits per heavy atom. The predicted molar refractivity (Wildman–Crippen MR) is 73.9 cm³/mol. The van der Waals surface area contributed by atoms with Crippen molar-refractivity contribution in [3.8, 4) is 0 Å². The van der Waals surface area contributed by atoms with Crippen LogP contribution in [0.1, 0.15) is 12.5 Å². The highest BCUT2D eigenvalue weighted by atomic mass is 16.5. The summed E-state index contributed by atoms with van der Waals surface area (Å²) in [5.41, 5.74) is 7.25. The van der Waals surface area contributed by atoms with E-state index in [4.69, 9.17) is 10.5 Å². The van der Waals surface area contributed by atoms with E-state index >= 15 is 0 Å². The molecule has 18 heavy (non-hydrogen) atoms. The number of nitrogens with two attached hydrogens (primary N) is 1. The van der Waals surface area contributed by atoms with Gasteiger partial charge in [0.15, 0.2) is 0 Å². The summed E-state index contributed by atoms with van der Waals surface area (Å²) >= 11 is 0. The number of methoxy groups -OCH3 is 1. The van der Waals surface area contributed by atoms with Gasteiger partial charge in [0, 0.05) is 25.4 Å². The number of hydrogen-bond acceptors (Lipinski definition) is 3. The van der Waals surface area contributed by atoms with Crippen molar-refractivity contribution in [1.82, 2.24) is 5.32 Å². The maximum Gasteiger partial charge on any atom is 0.244 e. The highest BCUT2D eigenvalue weighted by Gasteiger charge is 2.02. The Morgan fingerprint density at radius 1 is 1.56 bits per heavy atom. The summed E-state index contributed by atoms with van der Waals surface area (Å²) in [6, 6.07) is 7.38. The number of benzene rings is 1. The van der Waals surface area contributed by atoms with Gasteiger partial charge < -0.3 is 15.8 Å². The van der Waals surface area contributed by atoms with Gasteiger partial charge in [0.1, 0.15) is 0 Å². The van der Waals surface area contributed by atoms with Crippen LogP contribution in [-0.2, 0) is 9.53 Å². The molecule has 0 saturated carbocycles. The maximum atomic E-state index is 11.5. The third-order valence-corrected chi connectivity index (χ3v) is 2.41. The van der Waals surface area contributed by atoms with Crippen molar-refractivity contribution >= 4 is 17.7 Å². The quantitative estimate of drug-likeness (QED) is 0.594. The predicted octanol–water partition coefficient (Wildman–Crippen LogP) is 1.68. The number of amides is 1. The minimum absolute atomic E-state index is 0.111. The Balaban J connectivity index is 2.40. The fraction of sp³-hybridized carbons (Fsp3) is 0.357. The number of nitrogen functional groups attached to an aromatic ring is 1. The second-order valence-electron chi connectivity index (χ2n) is 4.31.